The van der Waals surface area contributed by atoms with Crippen LogP contribution in [0.5, 0.6) is 0 Å². The molecule has 0 aromatic heterocycles. The highest BCUT2D eigenvalue weighted by Crippen LogP contribution is 2.34. The van der Waals surface area contributed by atoms with Crippen molar-refractivity contribution in [3.05, 3.63) is 69.7 Å². The van der Waals surface area contributed by atoms with Crippen LogP contribution in [0.3, 0.4) is 0 Å². The Morgan fingerprint density at radius 1 is 1.12 bits per heavy atom. The van der Waals surface area contributed by atoms with Crippen LogP contribution in [0, 0.1) is 0 Å². The molecule has 32 heavy (non-hydrogen) atoms. The minimum atomic E-state index is -1.15. The number of hydrogen-bond acceptors (Lipinski definition) is 5. The van der Waals surface area contributed by atoms with Crippen LogP contribution in [0.25, 0.3) is 0 Å². The largest absolute Gasteiger partial charge is 0.320 e. The number of hydrogen-bond donors (Lipinski definition) is 2. The van der Waals surface area contributed by atoms with E-state index in [1.165, 1.54) is 17.0 Å². The minimum Gasteiger partial charge on any atom is -0.320 e. The van der Waals surface area contributed by atoms with Gasteiger partial charge in [0.15, 0.2) is 0 Å². The van der Waals surface area contributed by atoms with E-state index in [0.29, 0.717) is 21.7 Å². The maximum absolute atomic E-state index is 13.0. The van der Waals surface area contributed by atoms with Crippen LogP contribution in [0.2, 0.25) is 5.02 Å². The van der Waals surface area contributed by atoms with Crippen LogP contribution in [0.1, 0.15) is 51.6 Å². The summed E-state index contributed by atoms with van der Waals surface area (Å²) in [5, 5.41) is 5.16. The summed E-state index contributed by atoms with van der Waals surface area (Å²) < 4.78 is 0. The van der Waals surface area contributed by atoms with Crippen molar-refractivity contribution in [2.24, 2.45) is 0 Å². The van der Waals surface area contributed by atoms with E-state index in [1.807, 2.05) is 0 Å². The van der Waals surface area contributed by atoms with Crippen LogP contribution in [-0.4, -0.2) is 40.0 Å². The van der Waals surface area contributed by atoms with Gasteiger partial charge in [-0.3, -0.25) is 34.6 Å². The molecule has 2 heterocycles. The van der Waals surface area contributed by atoms with Crippen LogP contribution < -0.4 is 10.6 Å². The topological polar surface area (TPSA) is 113 Å². The zero-order chi connectivity index (χ0) is 23.0. The summed E-state index contributed by atoms with van der Waals surface area (Å²) in [6, 6.07) is 11.3. The number of carbonyl (C=O) groups is 5. The van der Waals surface area contributed by atoms with E-state index in [1.54, 1.807) is 37.3 Å². The fraction of sp³-hybridized carbons (Fsp3) is 0.261. The molecule has 2 aromatic rings. The fourth-order valence-electron chi connectivity index (χ4n) is 3.92. The number of imide groups is 2. The van der Waals surface area contributed by atoms with Gasteiger partial charge < -0.3 is 4.90 Å². The average molecular weight is 454 g/mol. The van der Waals surface area contributed by atoms with E-state index in [0.717, 1.165) is 0 Å². The first kappa shape index (κ1) is 21.7. The van der Waals surface area contributed by atoms with Crippen molar-refractivity contribution in [1.82, 2.24) is 15.5 Å². The Balaban J connectivity index is 1.47. The number of nitrogens with one attached hydrogen (secondary N) is 2. The zero-order valence-electron chi connectivity index (χ0n) is 17.2. The highest BCUT2D eigenvalue weighted by atomic mass is 35.5. The lowest BCUT2D eigenvalue weighted by atomic mass is 9.89. The van der Waals surface area contributed by atoms with E-state index >= 15 is 0 Å². The molecule has 0 radical (unpaired) electrons. The lowest BCUT2D eigenvalue weighted by Crippen LogP contribution is -2.61. The lowest BCUT2D eigenvalue weighted by molar-refractivity contribution is -0.142. The Kier molecular flexibility index (Phi) is 5.56. The first-order valence-electron chi connectivity index (χ1n) is 10.1. The summed E-state index contributed by atoms with van der Waals surface area (Å²) >= 11 is 5.83. The van der Waals surface area contributed by atoms with Crippen molar-refractivity contribution in [2.45, 2.75) is 38.3 Å². The normalized spacial score (nSPS) is 20.1. The second-order valence-corrected chi connectivity index (χ2v) is 8.53. The van der Waals surface area contributed by atoms with Gasteiger partial charge in [0.25, 0.3) is 17.7 Å². The Labute approximate surface area is 188 Å². The molecule has 5 amide bonds. The molecule has 8 nitrogen and oxygen atoms in total. The number of piperidine rings is 1. The molecule has 2 aliphatic rings. The summed E-state index contributed by atoms with van der Waals surface area (Å²) in [6.07, 6.45) is 0.377. The van der Waals surface area contributed by atoms with Gasteiger partial charge in [-0.2, -0.15) is 0 Å². The number of nitrogens with zero attached hydrogens (tertiary/aromatic N) is 1. The van der Waals surface area contributed by atoms with Crippen molar-refractivity contribution < 1.29 is 24.0 Å². The molecule has 1 fully saturated rings. The minimum absolute atomic E-state index is 0.00669. The van der Waals surface area contributed by atoms with Crippen molar-refractivity contribution in [2.75, 3.05) is 0 Å². The van der Waals surface area contributed by atoms with Crippen molar-refractivity contribution in [3.63, 3.8) is 0 Å². The van der Waals surface area contributed by atoms with Gasteiger partial charge in [0.2, 0.25) is 11.8 Å². The molecule has 4 rings (SSSR count). The molecular weight excluding hydrogens is 434 g/mol. The summed E-state index contributed by atoms with van der Waals surface area (Å²) in [5.41, 5.74) is 0.688. The average Bonchev–Trinajstić information content (AvgIpc) is 3.09. The van der Waals surface area contributed by atoms with Gasteiger partial charge >= 0.3 is 0 Å². The van der Waals surface area contributed by atoms with Gasteiger partial charge in [0.05, 0.1) is 6.42 Å². The van der Waals surface area contributed by atoms with Crippen LogP contribution >= 0.6 is 11.6 Å². The molecule has 0 aliphatic carbocycles. The van der Waals surface area contributed by atoms with E-state index in [9.17, 15) is 24.0 Å². The van der Waals surface area contributed by atoms with Gasteiger partial charge in [-0.15, -0.1) is 0 Å². The second-order valence-electron chi connectivity index (χ2n) is 8.09. The van der Waals surface area contributed by atoms with Gasteiger partial charge in [-0.1, -0.05) is 29.8 Å². The van der Waals surface area contributed by atoms with Crippen LogP contribution in [0.4, 0.5) is 0 Å². The van der Waals surface area contributed by atoms with Gasteiger partial charge in [0.1, 0.15) is 5.54 Å². The fourth-order valence-corrected chi connectivity index (χ4v) is 4.05. The summed E-state index contributed by atoms with van der Waals surface area (Å²) in [6.45, 7) is 1.82. The van der Waals surface area contributed by atoms with E-state index in [4.69, 9.17) is 11.6 Å². The second kappa shape index (κ2) is 8.20. The van der Waals surface area contributed by atoms with Crippen molar-refractivity contribution in [1.29, 1.82) is 0 Å². The van der Waals surface area contributed by atoms with Gasteiger partial charge in [-0.05, 0) is 48.7 Å². The standard InChI is InChI=1S/C23H20ClN3O5/c1-23(9-8-18(28)26-22(23)32)27-12-15-5-4-14(11-17(15)21(27)31)20(30)25-19(29)10-13-2-6-16(24)7-3-13/h2-7,11H,8-10,12H2,1H3,(H,25,29,30)(H,26,28,32)/t23-/m0/s1. The monoisotopic (exact) mass is 453 g/mol. The first-order valence-corrected chi connectivity index (χ1v) is 10.4. The predicted octanol–water partition coefficient (Wildman–Crippen LogP) is 1.99. The summed E-state index contributed by atoms with van der Waals surface area (Å²) in [4.78, 5) is 63.2. The quantitative estimate of drug-likeness (QED) is 0.687. The molecule has 0 unspecified atom stereocenters. The molecule has 2 aromatic carbocycles. The molecule has 164 valence electrons. The number of benzene rings is 2. The third kappa shape index (κ3) is 4.01. The smallest absolute Gasteiger partial charge is 0.257 e. The van der Waals surface area contributed by atoms with Crippen molar-refractivity contribution >= 4 is 41.1 Å². The van der Waals surface area contributed by atoms with Crippen LogP contribution in [0.15, 0.2) is 42.5 Å². The van der Waals surface area contributed by atoms with Crippen molar-refractivity contribution in [3.8, 4) is 0 Å². The number of fused-ring (bicyclic) bond motifs is 1. The number of rotatable bonds is 4. The van der Waals surface area contributed by atoms with E-state index in [-0.39, 0.29) is 37.3 Å². The summed E-state index contributed by atoms with van der Waals surface area (Å²) in [7, 11) is 0. The molecule has 1 atom stereocenters. The van der Waals surface area contributed by atoms with E-state index in [2.05, 4.69) is 10.6 Å². The predicted molar refractivity (Wildman–Crippen MR) is 115 cm³/mol. The Morgan fingerprint density at radius 2 is 1.84 bits per heavy atom. The number of amides is 5. The molecule has 0 spiro atoms. The lowest BCUT2D eigenvalue weighted by Gasteiger charge is -2.39. The molecule has 2 aliphatic heterocycles. The van der Waals surface area contributed by atoms with E-state index < -0.39 is 29.2 Å². The maximum Gasteiger partial charge on any atom is 0.257 e. The van der Waals surface area contributed by atoms with Gasteiger partial charge in [0, 0.05) is 29.1 Å². The highest BCUT2D eigenvalue weighted by Gasteiger charge is 2.48. The SMILES string of the molecule is C[C@]1(N2Cc3ccc(C(=O)NC(=O)Cc4ccc(Cl)cc4)cc3C2=O)CCC(=O)NC1=O. The Hall–Kier alpha value is -3.52. The number of carbonyl (C=O) groups excluding carboxylic acids is 5. The maximum atomic E-state index is 13.0. The molecule has 0 saturated carbocycles. The van der Waals surface area contributed by atoms with Crippen LogP contribution in [-0.2, 0) is 27.3 Å². The van der Waals surface area contributed by atoms with Gasteiger partial charge in [-0.25, -0.2) is 0 Å². The molecular formula is C23H20ClN3O5. The third-order valence-electron chi connectivity index (χ3n) is 5.88. The first-order chi connectivity index (χ1) is 15.2. The molecule has 9 heteroatoms. The molecule has 1 saturated heterocycles. The zero-order valence-corrected chi connectivity index (χ0v) is 18.0. The Bertz CT molecular complexity index is 1160. The summed E-state index contributed by atoms with van der Waals surface area (Å²) in [5.74, 6) is -2.37. The molecule has 0 bridgehead atoms. The highest BCUT2D eigenvalue weighted by molar-refractivity contribution is 6.30. The Morgan fingerprint density at radius 3 is 2.53 bits per heavy atom. The number of halogens is 1. The third-order valence-corrected chi connectivity index (χ3v) is 6.14. The molecule has 2 N–H and O–H groups in total.